The molecule has 5 nitrogen and oxygen atoms in total. The van der Waals surface area contributed by atoms with E-state index < -0.39 is 0 Å². The van der Waals surface area contributed by atoms with E-state index in [4.69, 9.17) is 9.47 Å². The molecule has 0 aromatic heterocycles. The smallest absolute Gasteiger partial charge is 0.311 e. The molecule has 2 rings (SSSR count). The number of nitrogens with zero attached hydrogens (tertiary/aromatic N) is 2. The van der Waals surface area contributed by atoms with Gasteiger partial charge < -0.3 is 9.47 Å². The molecule has 2 aromatic carbocycles. The summed E-state index contributed by atoms with van der Waals surface area (Å²) in [7, 11) is 0. The van der Waals surface area contributed by atoms with Crippen molar-refractivity contribution < 1.29 is 14.3 Å². The first kappa shape index (κ1) is 19.6. The highest BCUT2D eigenvalue weighted by atomic mass is 16.5. The summed E-state index contributed by atoms with van der Waals surface area (Å²) in [4.78, 5) is 11.8. The fourth-order valence-electron chi connectivity index (χ4n) is 2.35. The van der Waals surface area contributed by atoms with Gasteiger partial charge in [0.2, 0.25) is 0 Å². The number of carbonyl (C=O) groups excluding carboxylic acids is 1. The van der Waals surface area contributed by atoms with Gasteiger partial charge in [-0.05, 0) is 61.9 Å². The van der Waals surface area contributed by atoms with Crippen LogP contribution in [0.15, 0.2) is 58.8 Å². The average Bonchev–Trinajstić information content (AvgIpc) is 2.66. The van der Waals surface area contributed by atoms with Gasteiger partial charge in [-0.1, -0.05) is 26.2 Å². The zero-order valence-electron chi connectivity index (χ0n) is 15.5. The van der Waals surface area contributed by atoms with E-state index in [1.807, 2.05) is 31.2 Å². The first-order valence-electron chi connectivity index (χ1n) is 9.16. The summed E-state index contributed by atoms with van der Waals surface area (Å²) in [5, 5.41) is 8.37. The molecule has 0 fully saturated rings. The Bertz CT molecular complexity index is 694. The molecule has 0 heterocycles. The molecule has 138 valence electrons. The molecule has 0 amide bonds. The molecule has 0 saturated carbocycles. The zero-order valence-corrected chi connectivity index (χ0v) is 15.5. The Kier molecular flexibility index (Phi) is 8.33. The van der Waals surface area contributed by atoms with Crippen LogP contribution in [-0.2, 0) is 4.79 Å². The van der Waals surface area contributed by atoms with Crippen LogP contribution in [0.25, 0.3) is 0 Å². The van der Waals surface area contributed by atoms with Crippen LogP contribution in [-0.4, -0.2) is 12.6 Å². The number of benzene rings is 2. The summed E-state index contributed by atoms with van der Waals surface area (Å²) in [6, 6.07) is 14.4. The van der Waals surface area contributed by atoms with Crippen LogP contribution in [0.2, 0.25) is 0 Å². The van der Waals surface area contributed by atoms with Crippen LogP contribution in [0.1, 0.15) is 46.0 Å². The molecular weight excluding hydrogens is 328 g/mol. The van der Waals surface area contributed by atoms with Crippen molar-refractivity contribution in [1.82, 2.24) is 0 Å². The number of hydrogen-bond acceptors (Lipinski definition) is 5. The van der Waals surface area contributed by atoms with Crippen LogP contribution in [0.5, 0.6) is 11.5 Å². The standard InChI is InChI=1S/C21H26N2O3/c1-3-5-6-7-8-21(24)26-20-15-11-18(12-16-20)23-22-17-9-13-19(14-10-17)25-4-2/h9-16H,3-8H2,1-2H3/b23-22+. The maximum Gasteiger partial charge on any atom is 0.311 e. The molecule has 0 aliphatic rings. The van der Waals surface area contributed by atoms with E-state index in [-0.39, 0.29) is 5.97 Å². The normalized spacial score (nSPS) is 10.8. The first-order valence-corrected chi connectivity index (χ1v) is 9.16. The van der Waals surface area contributed by atoms with Gasteiger partial charge >= 0.3 is 5.97 Å². The summed E-state index contributed by atoms with van der Waals surface area (Å²) in [5.41, 5.74) is 1.44. The van der Waals surface area contributed by atoms with Crippen molar-refractivity contribution in [3.8, 4) is 11.5 Å². The third-order valence-corrected chi connectivity index (χ3v) is 3.73. The van der Waals surface area contributed by atoms with Gasteiger partial charge in [0.05, 0.1) is 18.0 Å². The number of hydrogen-bond donors (Lipinski definition) is 0. The van der Waals surface area contributed by atoms with Gasteiger partial charge in [0.15, 0.2) is 0 Å². The maximum absolute atomic E-state index is 11.8. The maximum atomic E-state index is 11.8. The van der Waals surface area contributed by atoms with Crippen LogP contribution in [0, 0.1) is 0 Å². The Morgan fingerprint density at radius 2 is 1.38 bits per heavy atom. The lowest BCUT2D eigenvalue weighted by atomic mass is 10.1. The summed E-state index contributed by atoms with van der Waals surface area (Å²) >= 11 is 0. The van der Waals surface area contributed by atoms with E-state index in [2.05, 4.69) is 17.2 Å². The van der Waals surface area contributed by atoms with Crippen LogP contribution < -0.4 is 9.47 Å². The third-order valence-electron chi connectivity index (χ3n) is 3.73. The van der Waals surface area contributed by atoms with Gasteiger partial charge in [-0.3, -0.25) is 4.79 Å². The number of rotatable bonds is 10. The highest BCUT2D eigenvalue weighted by molar-refractivity contribution is 5.72. The Labute approximate surface area is 155 Å². The minimum atomic E-state index is -0.190. The second-order valence-corrected chi connectivity index (χ2v) is 5.91. The van der Waals surface area contributed by atoms with Crippen molar-refractivity contribution in [1.29, 1.82) is 0 Å². The van der Waals surface area contributed by atoms with Crippen molar-refractivity contribution >= 4 is 17.3 Å². The van der Waals surface area contributed by atoms with Crippen molar-refractivity contribution in [2.75, 3.05) is 6.61 Å². The molecular formula is C21H26N2O3. The number of ether oxygens (including phenoxy) is 2. The molecule has 0 unspecified atom stereocenters. The quantitative estimate of drug-likeness (QED) is 0.215. The largest absolute Gasteiger partial charge is 0.494 e. The predicted molar refractivity (Wildman–Crippen MR) is 103 cm³/mol. The number of unbranched alkanes of at least 4 members (excludes halogenated alkanes) is 3. The molecule has 0 aliphatic carbocycles. The van der Waals surface area contributed by atoms with Crippen molar-refractivity contribution in [3.05, 3.63) is 48.5 Å². The lowest BCUT2D eigenvalue weighted by Gasteiger charge is -2.04. The summed E-state index contributed by atoms with van der Waals surface area (Å²) in [6.45, 7) is 4.73. The summed E-state index contributed by atoms with van der Waals surface area (Å²) < 4.78 is 10.7. The topological polar surface area (TPSA) is 60.2 Å². The fraction of sp³-hybridized carbons (Fsp3) is 0.381. The van der Waals surface area contributed by atoms with Gasteiger partial charge in [-0.15, -0.1) is 0 Å². The Balaban J connectivity index is 1.83. The van der Waals surface area contributed by atoms with Gasteiger partial charge in [-0.25, -0.2) is 0 Å². The van der Waals surface area contributed by atoms with E-state index in [0.29, 0.717) is 24.5 Å². The fourth-order valence-corrected chi connectivity index (χ4v) is 2.35. The second kappa shape index (κ2) is 11.0. The van der Waals surface area contributed by atoms with Crippen LogP contribution >= 0.6 is 0 Å². The Morgan fingerprint density at radius 1 is 0.808 bits per heavy atom. The summed E-state index contributed by atoms with van der Waals surface area (Å²) in [6.07, 6.45) is 4.71. The van der Waals surface area contributed by atoms with Gasteiger partial charge in [-0.2, -0.15) is 10.2 Å². The molecule has 0 bridgehead atoms. The number of azo groups is 1. The lowest BCUT2D eigenvalue weighted by molar-refractivity contribution is -0.134. The molecule has 0 spiro atoms. The van der Waals surface area contributed by atoms with E-state index in [9.17, 15) is 4.79 Å². The van der Waals surface area contributed by atoms with E-state index in [1.165, 1.54) is 0 Å². The minimum Gasteiger partial charge on any atom is -0.494 e. The van der Waals surface area contributed by atoms with E-state index >= 15 is 0 Å². The molecule has 0 N–H and O–H groups in total. The predicted octanol–water partition coefficient (Wildman–Crippen LogP) is 6.38. The third kappa shape index (κ3) is 7.05. The van der Waals surface area contributed by atoms with Gasteiger partial charge in [0, 0.05) is 6.42 Å². The van der Waals surface area contributed by atoms with Crippen LogP contribution in [0.4, 0.5) is 11.4 Å². The molecule has 26 heavy (non-hydrogen) atoms. The van der Waals surface area contributed by atoms with E-state index in [0.717, 1.165) is 37.1 Å². The van der Waals surface area contributed by atoms with E-state index in [1.54, 1.807) is 24.3 Å². The molecule has 0 saturated heterocycles. The SMILES string of the molecule is CCCCCCC(=O)Oc1ccc(/N=N/c2ccc(OCC)cc2)cc1. The molecule has 5 heteroatoms. The van der Waals surface area contributed by atoms with Gasteiger partial charge in [0.25, 0.3) is 0 Å². The monoisotopic (exact) mass is 354 g/mol. The average molecular weight is 354 g/mol. The van der Waals surface area contributed by atoms with Crippen molar-refractivity contribution in [3.63, 3.8) is 0 Å². The van der Waals surface area contributed by atoms with Crippen LogP contribution in [0.3, 0.4) is 0 Å². The van der Waals surface area contributed by atoms with Crippen molar-refractivity contribution in [2.24, 2.45) is 10.2 Å². The van der Waals surface area contributed by atoms with Crippen molar-refractivity contribution in [2.45, 2.75) is 46.0 Å². The lowest BCUT2D eigenvalue weighted by Crippen LogP contribution is -2.07. The Morgan fingerprint density at radius 3 is 1.92 bits per heavy atom. The highest BCUT2D eigenvalue weighted by Crippen LogP contribution is 2.23. The molecule has 2 aromatic rings. The summed E-state index contributed by atoms with van der Waals surface area (Å²) in [5.74, 6) is 1.16. The highest BCUT2D eigenvalue weighted by Gasteiger charge is 2.04. The second-order valence-electron chi connectivity index (χ2n) is 5.91. The number of esters is 1. The molecule has 0 atom stereocenters. The number of carbonyl (C=O) groups is 1. The first-order chi connectivity index (χ1) is 12.7. The Hall–Kier alpha value is -2.69. The van der Waals surface area contributed by atoms with Gasteiger partial charge in [0.1, 0.15) is 11.5 Å². The molecule has 0 radical (unpaired) electrons. The molecule has 0 aliphatic heterocycles. The minimum absolute atomic E-state index is 0.190. The zero-order chi connectivity index (χ0) is 18.6.